The van der Waals surface area contributed by atoms with E-state index in [0.717, 1.165) is 35.0 Å². The topological polar surface area (TPSA) is 97.6 Å². The molecule has 0 spiro atoms. The molecule has 1 unspecified atom stereocenters. The SMILES string of the molecule is O=C1Nc2ccccc2C1c1nc(NCc2ccncc2)nc2nn(C3CCCC3)cc12. The van der Waals surface area contributed by atoms with Crippen molar-refractivity contribution in [2.24, 2.45) is 0 Å². The van der Waals surface area contributed by atoms with Crippen molar-refractivity contribution in [3.63, 3.8) is 0 Å². The molecule has 8 nitrogen and oxygen atoms in total. The molecule has 6 rings (SSSR count). The minimum atomic E-state index is -0.487. The van der Waals surface area contributed by atoms with Gasteiger partial charge in [-0.2, -0.15) is 10.1 Å². The van der Waals surface area contributed by atoms with Gasteiger partial charge in [-0.15, -0.1) is 0 Å². The Morgan fingerprint density at radius 3 is 2.72 bits per heavy atom. The smallest absolute Gasteiger partial charge is 0.238 e. The summed E-state index contributed by atoms with van der Waals surface area (Å²) >= 11 is 0. The van der Waals surface area contributed by atoms with Crippen molar-refractivity contribution < 1.29 is 4.79 Å². The number of carbonyl (C=O) groups excluding carboxylic acids is 1. The van der Waals surface area contributed by atoms with Gasteiger partial charge in [0, 0.05) is 30.8 Å². The van der Waals surface area contributed by atoms with E-state index >= 15 is 0 Å². The summed E-state index contributed by atoms with van der Waals surface area (Å²) in [6.45, 7) is 0.560. The number of benzene rings is 1. The van der Waals surface area contributed by atoms with E-state index < -0.39 is 5.92 Å². The van der Waals surface area contributed by atoms with Gasteiger partial charge in [0.1, 0.15) is 5.92 Å². The highest BCUT2D eigenvalue weighted by Crippen LogP contribution is 2.39. The summed E-state index contributed by atoms with van der Waals surface area (Å²) < 4.78 is 2.03. The van der Waals surface area contributed by atoms with Crippen LogP contribution in [0.15, 0.2) is 55.0 Å². The Balaban J connectivity index is 1.45. The van der Waals surface area contributed by atoms with Crippen molar-refractivity contribution in [2.45, 2.75) is 44.2 Å². The second kappa shape index (κ2) is 7.71. The van der Waals surface area contributed by atoms with Crippen molar-refractivity contribution >= 4 is 28.6 Å². The lowest BCUT2D eigenvalue weighted by atomic mass is 9.95. The Labute approximate surface area is 185 Å². The predicted octanol–water partition coefficient (Wildman–Crippen LogP) is 4.03. The number of nitrogens with one attached hydrogen (secondary N) is 2. The molecular weight excluding hydrogens is 402 g/mol. The third-order valence-corrected chi connectivity index (χ3v) is 6.39. The fourth-order valence-electron chi connectivity index (χ4n) is 4.76. The molecule has 1 aliphatic heterocycles. The maximum Gasteiger partial charge on any atom is 0.238 e. The molecule has 4 heterocycles. The van der Waals surface area contributed by atoms with Crippen LogP contribution in [0, 0.1) is 0 Å². The molecule has 4 aromatic rings. The van der Waals surface area contributed by atoms with Crippen LogP contribution in [0.1, 0.15) is 54.5 Å². The summed E-state index contributed by atoms with van der Waals surface area (Å²) in [7, 11) is 0. The number of carbonyl (C=O) groups is 1. The van der Waals surface area contributed by atoms with E-state index in [1.165, 1.54) is 12.8 Å². The van der Waals surface area contributed by atoms with Gasteiger partial charge < -0.3 is 10.6 Å². The number of hydrogen-bond acceptors (Lipinski definition) is 6. The summed E-state index contributed by atoms with van der Waals surface area (Å²) in [5.41, 5.74) is 4.16. The Hall–Kier alpha value is -3.81. The number of hydrogen-bond donors (Lipinski definition) is 2. The number of anilines is 2. The van der Waals surface area contributed by atoms with E-state index in [-0.39, 0.29) is 5.91 Å². The predicted molar refractivity (Wildman–Crippen MR) is 121 cm³/mol. The Morgan fingerprint density at radius 2 is 1.88 bits per heavy atom. The van der Waals surface area contributed by atoms with Gasteiger partial charge in [0.25, 0.3) is 0 Å². The average molecular weight is 425 g/mol. The van der Waals surface area contributed by atoms with Crippen LogP contribution in [0.2, 0.25) is 0 Å². The van der Waals surface area contributed by atoms with Crippen molar-refractivity contribution in [3.05, 3.63) is 71.8 Å². The Bertz CT molecular complexity index is 1290. The molecule has 1 saturated carbocycles. The number of fused-ring (bicyclic) bond motifs is 2. The second-order valence-electron chi connectivity index (χ2n) is 8.44. The van der Waals surface area contributed by atoms with Gasteiger partial charge in [0.05, 0.1) is 17.1 Å². The molecule has 0 radical (unpaired) electrons. The van der Waals surface area contributed by atoms with Gasteiger partial charge in [-0.25, -0.2) is 4.98 Å². The molecule has 1 fully saturated rings. The molecule has 2 N–H and O–H groups in total. The van der Waals surface area contributed by atoms with Crippen LogP contribution in [0.3, 0.4) is 0 Å². The van der Waals surface area contributed by atoms with E-state index in [1.807, 2.05) is 47.3 Å². The Kier molecular flexibility index (Phi) is 4.56. The van der Waals surface area contributed by atoms with Crippen molar-refractivity contribution in [1.82, 2.24) is 24.7 Å². The molecule has 2 aliphatic rings. The van der Waals surface area contributed by atoms with Crippen LogP contribution >= 0.6 is 0 Å². The molecular formula is C24H23N7O. The van der Waals surface area contributed by atoms with Gasteiger partial charge >= 0.3 is 0 Å². The van der Waals surface area contributed by atoms with E-state index in [1.54, 1.807) is 12.4 Å². The van der Waals surface area contributed by atoms with Crippen molar-refractivity contribution in [3.8, 4) is 0 Å². The molecule has 0 bridgehead atoms. The van der Waals surface area contributed by atoms with Crippen LogP contribution in [0.5, 0.6) is 0 Å². The molecule has 1 amide bonds. The highest BCUT2D eigenvalue weighted by Gasteiger charge is 2.35. The largest absolute Gasteiger partial charge is 0.350 e. The summed E-state index contributed by atoms with van der Waals surface area (Å²) in [6.07, 6.45) is 10.2. The second-order valence-corrected chi connectivity index (χ2v) is 8.44. The molecule has 32 heavy (non-hydrogen) atoms. The first-order valence-electron chi connectivity index (χ1n) is 11.1. The van der Waals surface area contributed by atoms with Gasteiger partial charge in [-0.05, 0) is 42.2 Å². The third kappa shape index (κ3) is 3.28. The minimum absolute atomic E-state index is 0.0695. The van der Waals surface area contributed by atoms with Gasteiger partial charge in [-0.3, -0.25) is 14.5 Å². The summed E-state index contributed by atoms with van der Waals surface area (Å²) in [6, 6.07) is 12.1. The molecule has 0 saturated heterocycles. The van der Waals surface area contributed by atoms with Gasteiger partial charge in [0.2, 0.25) is 11.9 Å². The van der Waals surface area contributed by atoms with Crippen LogP contribution in [-0.2, 0) is 11.3 Å². The van der Waals surface area contributed by atoms with Crippen LogP contribution in [0.25, 0.3) is 11.0 Å². The first-order chi connectivity index (χ1) is 15.8. The normalized spacial score (nSPS) is 18.1. The molecule has 1 atom stereocenters. The van der Waals surface area contributed by atoms with E-state index in [2.05, 4.69) is 15.6 Å². The monoisotopic (exact) mass is 425 g/mol. The number of para-hydroxylation sites is 1. The molecule has 8 heteroatoms. The highest BCUT2D eigenvalue weighted by atomic mass is 16.2. The van der Waals surface area contributed by atoms with E-state index in [0.29, 0.717) is 29.9 Å². The third-order valence-electron chi connectivity index (χ3n) is 6.39. The zero-order valence-electron chi connectivity index (χ0n) is 17.5. The van der Waals surface area contributed by atoms with E-state index in [4.69, 9.17) is 15.1 Å². The first-order valence-corrected chi connectivity index (χ1v) is 11.1. The van der Waals surface area contributed by atoms with Crippen molar-refractivity contribution in [2.75, 3.05) is 10.6 Å². The number of nitrogens with zero attached hydrogens (tertiary/aromatic N) is 5. The zero-order chi connectivity index (χ0) is 21.5. The van der Waals surface area contributed by atoms with Gasteiger partial charge in [0.15, 0.2) is 5.65 Å². The summed E-state index contributed by atoms with van der Waals surface area (Å²) in [4.78, 5) is 26.6. The summed E-state index contributed by atoms with van der Waals surface area (Å²) in [5.74, 6) is -0.0857. The lowest BCUT2D eigenvalue weighted by Gasteiger charge is -2.12. The maximum atomic E-state index is 13.0. The van der Waals surface area contributed by atoms with E-state index in [9.17, 15) is 4.79 Å². The highest BCUT2D eigenvalue weighted by molar-refractivity contribution is 6.06. The number of pyridine rings is 1. The molecule has 3 aromatic heterocycles. The fourth-order valence-corrected chi connectivity index (χ4v) is 4.76. The maximum absolute atomic E-state index is 13.0. The number of aromatic nitrogens is 5. The van der Waals surface area contributed by atoms with Crippen LogP contribution in [-0.4, -0.2) is 30.6 Å². The lowest BCUT2D eigenvalue weighted by molar-refractivity contribution is -0.116. The van der Waals surface area contributed by atoms with Crippen molar-refractivity contribution in [1.29, 1.82) is 0 Å². The number of rotatable bonds is 5. The standard InChI is InChI=1S/C24H23N7O/c32-23-20(17-7-3-4-8-19(17)27-23)21-18-14-31(16-5-1-2-6-16)30-22(18)29-24(28-21)26-13-15-9-11-25-12-10-15/h3-4,7-12,14,16,20H,1-2,5-6,13H2,(H,27,32)(H,26,29,30). The van der Waals surface area contributed by atoms with Gasteiger partial charge in [-0.1, -0.05) is 31.0 Å². The average Bonchev–Trinajstić information content (AvgIpc) is 3.55. The molecule has 1 aliphatic carbocycles. The first kappa shape index (κ1) is 18.9. The number of amides is 1. The zero-order valence-corrected chi connectivity index (χ0v) is 17.5. The minimum Gasteiger partial charge on any atom is -0.350 e. The van der Waals surface area contributed by atoms with Crippen LogP contribution in [0.4, 0.5) is 11.6 Å². The fraction of sp³-hybridized carbons (Fsp3) is 0.292. The van der Waals surface area contributed by atoms with Crippen LogP contribution < -0.4 is 10.6 Å². The molecule has 160 valence electrons. The Morgan fingerprint density at radius 1 is 1.06 bits per heavy atom. The molecule has 1 aromatic carbocycles. The summed E-state index contributed by atoms with van der Waals surface area (Å²) in [5, 5.41) is 11.9. The quantitative estimate of drug-likeness (QED) is 0.501. The lowest BCUT2D eigenvalue weighted by Crippen LogP contribution is -2.16.